The molecule has 10 heteroatoms. The maximum atomic E-state index is 12.3. The van der Waals surface area contributed by atoms with Crippen molar-refractivity contribution in [2.45, 2.75) is 6.42 Å². The summed E-state index contributed by atoms with van der Waals surface area (Å²) in [6.07, 6.45) is 0.731. The Morgan fingerprint density at radius 1 is 0.969 bits per heavy atom. The third kappa shape index (κ3) is 5.02. The summed E-state index contributed by atoms with van der Waals surface area (Å²) in [5.41, 5.74) is 2.07. The summed E-state index contributed by atoms with van der Waals surface area (Å²) in [7, 11) is 0. The molecule has 2 aromatic carbocycles. The summed E-state index contributed by atoms with van der Waals surface area (Å²) in [6, 6.07) is 10.7. The van der Waals surface area contributed by atoms with Crippen LogP contribution in [0.25, 0.3) is 0 Å². The Labute approximate surface area is 211 Å². The van der Waals surface area contributed by atoms with Crippen molar-refractivity contribution >= 4 is 86.2 Å². The minimum absolute atomic E-state index is 0.380. The van der Waals surface area contributed by atoms with Gasteiger partial charge in [-0.25, -0.2) is 0 Å². The number of halogens is 3. The maximum absolute atomic E-state index is 12.3. The largest absolute Gasteiger partial charge is 0.368 e. The minimum Gasteiger partial charge on any atom is -0.368 e. The number of rotatable bonds is 5. The fourth-order valence-corrected chi connectivity index (χ4v) is 5.51. The molecule has 1 amide bonds. The first kappa shape index (κ1) is 23.6. The van der Waals surface area contributed by atoms with Gasteiger partial charge in [0.15, 0.2) is 0 Å². The van der Waals surface area contributed by atoms with Crippen molar-refractivity contribution < 1.29 is 9.59 Å². The number of hydrogen-bond donors (Lipinski definition) is 0. The number of Topliss-reactive ketones (excluding diaryl/α,β-unsaturated/α-hetero) is 1. The highest BCUT2D eigenvalue weighted by molar-refractivity contribution is 8.22. The lowest BCUT2D eigenvalue weighted by molar-refractivity contribution is -0.114. The molecule has 1 saturated heterocycles. The third-order valence-corrected chi connectivity index (χ3v) is 8.08. The van der Waals surface area contributed by atoms with Crippen LogP contribution < -0.4 is 9.80 Å². The summed E-state index contributed by atoms with van der Waals surface area (Å²) >= 11 is 25.3. The van der Waals surface area contributed by atoms with Gasteiger partial charge in [-0.3, -0.25) is 9.59 Å². The number of anilines is 2. The summed E-state index contributed by atoms with van der Waals surface area (Å²) in [5, 5.41) is 1.56. The van der Waals surface area contributed by atoms with Crippen LogP contribution in [0.5, 0.6) is 0 Å². The van der Waals surface area contributed by atoms with Crippen molar-refractivity contribution in [1.82, 2.24) is 4.90 Å². The minimum atomic E-state index is -0.495. The second-order valence-electron chi connectivity index (χ2n) is 7.49. The smallest absolute Gasteiger partial charge is 0.299 e. The van der Waals surface area contributed by atoms with E-state index in [0.717, 1.165) is 48.4 Å². The first-order valence-corrected chi connectivity index (χ1v) is 12.7. The second-order valence-corrected chi connectivity index (χ2v) is 10.5. The molecule has 168 valence electrons. The van der Waals surface area contributed by atoms with Crippen LogP contribution in [0, 0.1) is 0 Å². The molecule has 0 unspecified atom stereocenters. The van der Waals surface area contributed by atoms with Crippen LogP contribution in [0.2, 0.25) is 15.1 Å². The fraction of sp³-hybridized carbons (Fsp3) is 0.318. The number of carbonyl (C=O) groups is 2. The van der Waals surface area contributed by atoms with Gasteiger partial charge in [0.1, 0.15) is 4.32 Å². The molecule has 0 radical (unpaired) electrons. The molecule has 2 aliphatic heterocycles. The van der Waals surface area contributed by atoms with E-state index < -0.39 is 11.7 Å². The summed E-state index contributed by atoms with van der Waals surface area (Å²) < 4.78 is 0.856. The highest BCUT2D eigenvalue weighted by Gasteiger charge is 2.35. The van der Waals surface area contributed by atoms with E-state index in [2.05, 4.69) is 9.80 Å². The van der Waals surface area contributed by atoms with Gasteiger partial charge in [-0.1, -0.05) is 58.8 Å². The quantitative estimate of drug-likeness (QED) is 0.294. The molecule has 0 bridgehead atoms. The lowest BCUT2D eigenvalue weighted by Crippen LogP contribution is -2.47. The average molecular weight is 529 g/mol. The monoisotopic (exact) mass is 527 g/mol. The lowest BCUT2D eigenvalue weighted by atomic mass is 10.1. The Morgan fingerprint density at radius 3 is 2.44 bits per heavy atom. The van der Waals surface area contributed by atoms with Crippen LogP contribution in [-0.4, -0.2) is 59.4 Å². The molecular formula is C22H20Cl3N3O2S2. The first-order valence-electron chi connectivity index (χ1n) is 10.1. The Kier molecular flexibility index (Phi) is 7.52. The second kappa shape index (κ2) is 10.2. The highest BCUT2D eigenvalue weighted by atomic mass is 35.5. The van der Waals surface area contributed by atoms with Gasteiger partial charge in [-0.15, -0.1) is 0 Å². The Bertz CT molecular complexity index is 1070. The van der Waals surface area contributed by atoms with Crippen LogP contribution in [0.15, 0.2) is 36.4 Å². The molecule has 1 fully saturated rings. The normalized spacial score (nSPS) is 16.0. The van der Waals surface area contributed by atoms with E-state index in [1.54, 1.807) is 30.0 Å². The van der Waals surface area contributed by atoms with Crippen molar-refractivity contribution in [2.75, 3.05) is 48.3 Å². The van der Waals surface area contributed by atoms with Crippen molar-refractivity contribution in [3.63, 3.8) is 0 Å². The van der Waals surface area contributed by atoms with Crippen molar-refractivity contribution in [3.05, 3.63) is 57.0 Å². The average Bonchev–Trinajstić information content (AvgIpc) is 3.02. The Morgan fingerprint density at radius 2 is 1.72 bits per heavy atom. The van der Waals surface area contributed by atoms with Gasteiger partial charge < -0.3 is 14.7 Å². The van der Waals surface area contributed by atoms with E-state index in [-0.39, 0.29) is 0 Å². The number of ketones is 1. The summed E-state index contributed by atoms with van der Waals surface area (Å²) in [5.74, 6) is -0.217. The number of fused-ring (bicyclic) bond motifs is 1. The van der Waals surface area contributed by atoms with Gasteiger partial charge in [0.25, 0.3) is 11.7 Å². The molecule has 5 nitrogen and oxygen atoms in total. The highest BCUT2D eigenvalue weighted by Crippen LogP contribution is 2.32. The molecule has 0 atom stereocenters. The molecule has 0 aromatic heterocycles. The fourth-order valence-electron chi connectivity index (χ4n) is 3.80. The zero-order valence-electron chi connectivity index (χ0n) is 17.0. The first-order chi connectivity index (χ1) is 15.3. The van der Waals surface area contributed by atoms with Crippen molar-refractivity contribution in [3.8, 4) is 0 Å². The molecule has 2 aromatic rings. The third-order valence-electron chi connectivity index (χ3n) is 5.49. The number of nitrogens with zero attached hydrogens (tertiary/aromatic N) is 3. The van der Waals surface area contributed by atoms with Crippen molar-refractivity contribution in [1.29, 1.82) is 0 Å². The van der Waals surface area contributed by atoms with E-state index in [1.807, 2.05) is 18.2 Å². The molecule has 2 aliphatic rings. The number of benzene rings is 2. The number of piperazine rings is 1. The Balaban J connectivity index is 1.23. The van der Waals surface area contributed by atoms with Crippen LogP contribution >= 0.6 is 58.8 Å². The topological polar surface area (TPSA) is 43.9 Å². The number of hydrogen-bond acceptors (Lipinski definition) is 5. The molecule has 0 N–H and O–H groups in total. The van der Waals surface area contributed by atoms with Gasteiger partial charge in [0.05, 0.1) is 21.3 Å². The van der Waals surface area contributed by atoms with E-state index in [1.165, 1.54) is 4.90 Å². The van der Waals surface area contributed by atoms with E-state index in [4.69, 9.17) is 47.0 Å². The van der Waals surface area contributed by atoms with Gasteiger partial charge in [0, 0.05) is 49.2 Å². The maximum Gasteiger partial charge on any atom is 0.299 e. The number of thiocarbonyl (C=S) groups is 1. The van der Waals surface area contributed by atoms with Gasteiger partial charge in [0.2, 0.25) is 0 Å². The van der Waals surface area contributed by atoms with Crippen LogP contribution in [0.4, 0.5) is 11.4 Å². The number of amides is 1. The molecule has 2 heterocycles. The predicted molar refractivity (Wildman–Crippen MR) is 138 cm³/mol. The van der Waals surface area contributed by atoms with Crippen LogP contribution in [0.3, 0.4) is 0 Å². The standard InChI is InChI=1S/C22H20Cl3N3O2S2/c23-14-2-5-19-16(12-14)20(29)21(30)28(19)6-1-11-32-22(31)27-9-7-26(8-10-27)15-3-4-17(24)18(25)13-15/h2-5,12-13H,1,6-11H2. The molecule has 0 aliphatic carbocycles. The van der Waals surface area contributed by atoms with Gasteiger partial charge in [-0.05, 0) is 42.8 Å². The SMILES string of the molecule is O=C1C(=O)N(CCCSC(=S)N2CCN(c3ccc(Cl)c(Cl)c3)CC2)c2ccc(Cl)cc21. The number of carbonyl (C=O) groups excluding carboxylic acids is 2. The summed E-state index contributed by atoms with van der Waals surface area (Å²) in [6.45, 7) is 3.84. The van der Waals surface area contributed by atoms with E-state index >= 15 is 0 Å². The van der Waals surface area contributed by atoms with Gasteiger partial charge >= 0.3 is 0 Å². The number of thioether (sulfide) groups is 1. The molecule has 4 rings (SSSR count). The van der Waals surface area contributed by atoms with Crippen molar-refractivity contribution in [2.24, 2.45) is 0 Å². The molecule has 0 saturated carbocycles. The molecular weight excluding hydrogens is 509 g/mol. The molecule has 0 spiro atoms. The predicted octanol–water partition coefficient (Wildman–Crippen LogP) is 5.41. The lowest BCUT2D eigenvalue weighted by Gasteiger charge is -2.37. The Hall–Kier alpha value is -1.51. The van der Waals surface area contributed by atoms with Crippen LogP contribution in [-0.2, 0) is 4.79 Å². The zero-order valence-corrected chi connectivity index (χ0v) is 20.9. The van der Waals surface area contributed by atoms with Crippen LogP contribution in [0.1, 0.15) is 16.8 Å². The summed E-state index contributed by atoms with van der Waals surface area (Å²) in [4.78, 5) is 30.5. The zero-order chi connectivity index (χ0) is 22.8. The van der Waals surface area contributed by atoms with E-state index in [0.29, 0.717) is 32.9 Å². The van der Waals surface area contributed by atoms with E-state index in [9.17, 15) is 9.59 Å². The van der Waals surface area contributed by atoms with Gasteiger partial charge in [-0.2, -0.15) is 0 Å². The molecule has 32 heavy (non-hydrogen) atoms.